The van der Waals surface area contributed by atoms with Crippen LogP contribution in [0.2, 0.25) is 0 Å². The van der Waals surface area contributed by atoms with Crippen molar-refractivity contribution in [1.82, 2.24) is 5.32 Å². The van der Waals surface area contributed by atoms with E-state index < -0.39 is 17.5 Å². The molecule has 6 nitrogen and oxygen atoms in total. The number of carbonyl (C=O) groups excluding carboxylic acids is 1. The summed E-state index contributed by atoms with van der Waals surface area (Å²) >= 11 is 4.52. The highest BCUT2D eigenvalue weighted by molar-refractivity contribution is 9.10. The molecular formula is C11H14BrNO5S. The summed E-state index contributed by atoms with van der Waals surface area (Å²) in [5, 5.41) is 20.6. The van der Waals surface area contributed by atoms with Gasteiger partial charge in [0.2, 0.25) is 0 Å². The third-order valence-corrected chi connectivity index (χ3v) is 4.74. The number of halogens is 1. The number of rotatable bonds is 5. The van der Waals surface area contributed by atoms with E-state index in [1.54, 1.807) is 0 Å². The summed E-state index contributed by atoms with van der Waals surface area (Å²) < 4.78 is 5.81. The van der Waals surface area contributed by atoms with Gasteiger partial charge >= 0.3 is 5.97 Å². The van der Waals surface area contributed by atoms with E-state index in [1.807, 2.05) is 6.92 Å². The fraction of sp³-hybridized carbons (Fsp3) is 0.455. The average Bonchev–Trinajstić information content (AvgIpc) is 2.62. The summed E-state index contributed by atoms with van der Waals surface area (Å²) in [4.78, 5) is 23.9. The Labute approximate surface area is 122 Å². The minimum absolute atomic E-state index is 0.327. The Morgan fingerprint density at radius 2 is 2.11 bits per heavy atom. The van der Waals surface area contributed by atoms with Crippen molar-refractivity contribution in [3.05, 3.63) is 14.2 Å². The molecule has 1 rings (SSSR count). The lowest BCUT2D eigenvalue weighted by molar-refractivity contribution is -0.155. The summed E-state index contributed by atoms with van der Waals surface area (Å²) in [7, 11) is 1.44. The standard InChI is InChI=1S/C11H14BrNO5S/c1-5-6(12)7(18-3)8(19-5)9(14)13-4-11(2,17)10(15)16/h17H,4H2,1-3H3,(H,13,14)(H,15,16). The van der Waals surface area contributed by atoms with E-state index in [2.05, 4.69) is 21.2 Å². The maximum absolute atomic E-state index is 12.0. The molecule has 0 saturated carbocycles. The SMILES string of the molecule is COc1c(C(=O)NCC(C)(O)C(=O)O)sc(C)c1Br. The molecule has 0 bridgehead atoms. The number of aryl methyl sites for hydroxylation is 1. The van der Waals surface area contributed by atoms with Crippen LogP contribution in [-0.4, -0.2) is 41.3 Å². The second-order valence-electron chi connectivity index (χ2n) is 4.10. The van der Waals surface area contributed by atoms with Crippen molar-refractivity contribution >= 4 is 39.1 Å². The first kappa shape index (κ1) is 15.9. The molecule has 1 amide bonds. The third kappa shape index (κ3) is 3.46. The molecule has 1 unspecified atom stereocenters. The van der Waals surface area contributed by atoms with Gasteiger partial charge in [-0.3, -0.25) is 4.79 Å². The van der Waals surface area contributed by atoms with Crippen molar-refractivity contribution < 1.29 is 24.5 Å². The second-order valence-corrected chi connectivity index (χ2v) is 6.11. The molecule has 1 atom stereocenters. The Kier molecular flexibility index (Phi) is 4.94. The van der Waals surface area contributed by atoms with Crippen LogP contribution < -0.4 is 10.1 Å². The average molecular weight is 352 g/mol. The molecular weight excluding hydrogens is 338 g/mol. The third-order valence-electron chi connectivity index (χ3n) is 2.43. The van der Waals surface area contributed by atoms with Gasteiger partial charge in [-0.1, -0.05) is 0 Å². The first-order valence-electron chi connectivity index (χ1n) is 5.27. The number of ether oxygens (including phenoxy) is 1. The maximum atomic E-state index is 12.0. The number of thiophene rings is 1. The molecule has 1 aromatic rings. The van der Waals surface area contributed by atoms with Gasteiger partial charge in [0.25, 0.3) is 5.91 Å². The van der Waals surface area contributed by atoms with Crippen molar-refractivity contribution in [2.24, 2.45) is 0 Å². The molecule has 19 heavy (non-hydrogen) atoms. The largest absolute Gasteiger partial charge is 0.494 e. The molecule has 3 N–H and O–H groups in total. The van der Waals surface area contributed by atoms with Crippen LogP contribution in [0, 0.1) is 6.92 Å². The van der Waals surface area contributed by atoms with Crippen molar-refractivity contribution in [3.8, 4) is 5.75 Å². The summed E-state index contributed by atoms with van der Waals surface area (Å²) in [6.45, 7) is 2.54. The number of hydrogen-bond acceptors (Lipinski definition) is 5. The highest BCUT2D eigenvalue weighted by Gasteiger charge is 2.31. The molecule has 0 aliphatic rings. The Hall–Kier alpha value is -1.12. The van der Waals surface area contributed by atoms with Gasteiger partial charge in [0.05, 0.1) is 18.1 Å². The van der Waals surface area contributed by atoms with E-state index in [4.69, 9.17) is 9.84 Å². The van der Waals surface area contributed by atoms with E-state index in [-0.39, 0.29) is 6.54 Å². The number of aliphatic carboxylic acids is 1. The molecule has 0 radical (unpaired) electrons. The predicted octanol–water partition coefficient (Wildman–Crippen LogP) is 1.39. The first-order chi connectivity index (χ1) is 8.70. The van der Waals surface area contributed by atoms with Crippen LogP contribution >= 0.6 is 27.3 Å². The molecule has 1 heterocycles. The van der Waals surface area contributed by atoms with Crippen LogP contribution in [0.25, 0.3) is 0 Å². The van der Waals surface area contributed by atoms with Crippen molar-refractivity contribution in [2.45, 2.75) is 19.4 Å². The normalized spacial score (nSPS) is 13.7. The Balaban J connectivity index is 2.85. The van der Waals surface area contributed by atoms with Gasteiger partial charge in [-0.05, 0) is 29.8 Å². The fourth-order valence-electron chi connectivity index (χ4n) is 1.24. The fourth-order valence-corrected chi connectivity index (χ4v) is 2.91. The number of carboxylic acids is 1. The van der Waals surface area contributed by atoms with E-state index in [0.717, 1.165) is 11.8 Å². The number of aliphatic hydroxyl groups is 1. The summed E-state index contributed by atoms with van der Waals surface area (Å²) in [6.07, 6.45) is 0. The van der Waals surface area contributed by atoms with Crippen LogP contribution in [0.5, 0.6) is 5.75 Å². The Morgan fingerprint density at radius 3 is 2.58 bits per heavy atom. The van der Waals surface area contributed by atoms with E-state index >= 15 is 0 Å². The van der Waals surface area contributed by atoms with E-state index in [9.17, 15) is 14.7 Å². The van der Waals surface area contributed by atoms with E-state index in [0.29, 0.717) is 15.1 Å². The van der Waals surface area contributed by atoms with Gasteiger partial charge in [0, 0.05) is 4.88 Å². The zero-order valence-corrected chi connectivity index (χ0v) is 13.0. The quantitative estimate of drug-likeness (QED) is 0.744. The molecule has 0 fully saturated rings. The predicted molar refractivity (Wildman–Crippen MR) is 73.9 cm³/mol. The zero-order chi connectivity index (χ0) is 14.8. The lowest BCUT2D eigenvalue weighted by Crippen LogP contribution is -2.46. The van der Waals surface area contributed by atoms with Crippen LogP contribution in [0.1, 0.15) is 21.5 Å². The molecule has 8 heteroatoms. The Bertz CT molecular complexity index is 511. The van der Waals surface area contributed by atoms with Crippen LogP contribution in [-0.2, 0) is 4.79 Å². The molecule has 0 aliphatic heterocycles. The van der Waals surface area contributed by atoms with Crippen molar-refractivity contribution in [2.75, 3.05) is 13.7 Å². The summed E-state index contributed by atoms with van der Waals surface area (Å²) in [6, 6.07) is 0. The van der Waals surface area contributed by atoms with Gasteiger partial charge in [0.15, 0.2) is 11.4 Å². The molecule has 1 aromatic heterocycles. The lowest BCUT2D eigenvalue weighted by Gasteiger charge is -2.18. The minimum Gasteiger partial charge on any atom is -0.494 e. The summed E-state index contributed by atoms with van der Waals surface area (Å²) in [5.41, 5.74) is -2.01. The number of carboxylic acid groups (broad SMARTS) is 1. The van der Waals surface area contributed by atoms with Gasteiger partial charge in [-0.15, -0.1) is 11.3 Å². The number of methoxy groups -OCH3 is 1. The molecule has 0 spiro atoms. The first-order valence-corrected chi connectivity index (χ1v) is 6.88. The number of hydrogen-bond donors (Lipinski definition) is 3. The van der Waals surface area contributed by atoms with E-state index in [1.165, 1.54) is 18.4 Å². The van der Waals surface area contributed by atoms with Crippen LogP contribution in [0.3, 0.4) is 0 Å². The van der Waals surface area contributed by atoms with Crippen molar-refractivity contribution in [1.29, 1.82) is 0 Å². The smallest absolute Gasteiger partial charge is 0.337 e. The molecule has 0 aliphatic carbocycles. The monoisotopic (exact) mass is 351 g/mol. The van der Waals surface area contributed by atoms with Crippen LogP contribution in [0.4, 0.5) is 0 Å². The number of amides is 1. The molecule has 0 saturated heterocycles. The van der Waals surface area contributed by atoms with Crippen molar-refractivity contribution in [3.63, 3.8) is 0 Å². The topological polar surface area (TPSA) is 95.9 Å². The maximum Gasteiger partial charge on any atom is 0.337 e. The molecule has 106 valence electrons. The highest BCUT2D eigenvalue weighted by Crippen LogP contribution is 2.38. The summed E-state index contributed by atoms with van der Waals surface area (Å²) in [5.74, 6) is -1.49. The van der Waals surface area contributed by atoms with Gasteiger partial charge in [-0.25, -0.2) is 4.79 Å². The van der Waals surface area contributed by atoms with Gasteiger partial charge in [-0.2, -0.15) is 0 Å². The Morgan fingerprint density at radius 1 is 1.53 bits per heavy atom. The number of nitrogens with one attached hydrogen (secondary N) is 1. The lowest BCUT2D eigenvalue weighted by atomic mass is 10.1. The van der Waals surface area contributed by atoms with Crippen LogP contribution in [0.15, 0.2) is 4.47 Å². The zero-order valence-electron chi connectivity index (χ0n) is 10.6. The minimum atomic E-state index is -2.01. The second kappa shape index (κ2) is 5.89. The van der Waals surface area contributed by atoms with Gasteiger partial charge < -0.3 is 20.3 Å². The molecule has 0 aromatic carbocycles. The number of carbonyl (C=O) groups is 2. The highest BCUT2D eigenvalue weighted by atomic mass is 79.9. The van der Waals surface area contributed by atoms with Gasteiger partial charge in [0.1, 0.15) is 4.88 Å².